The highest BCUT2D eigenvalue weighted by molar-refractivity contribution is 7.15. The Morgan fingerprint density at radius 3 is 3.40 bits per heavy atom. The molecule has 0 spiro atoms. The molecule has 0 aliphatic rings. The van der Waals surface area contributed by atoms with Gasteiger partial charge in [-0.1, -0.05) is 11.3 Å². The van der Waals surface area contributed by atoms with Gasteiger partial charge in [0.05, 0.1) is 0 Å². The zero-order valence-electron chi connectivity index (χ0n) is 4.79. The van der Waals surface area contributed by atoms with E-state index in [0.29, 0.717) is 10.3 Å². The number of aromatic nitrogens is 3. The van der Waals surface area contributed by atoms with Crippen molar-refractivity contribution in [2.75, 3.05) is 0 Å². The third kappa shape index (κ3) is 0.714. The maximum atomic E-state index is 10.7. The van der Waals surface area contributed by atoms with Gasteiger partial charge >= 0.3 is 4.87 Å². The number of rotatable bonds is 0. The van der Waals surface area contributed by atoms with Gasteiger partial charge in [-0.2, -0.15) is 0 Å². The summed E-state index contributed by atoms with van der Waals surface area (Å²) in [4.78, 5) is 21.2. The van der Waals surface area contributed by atoms with Crippen LogP contribution in [0.4, 0.5) is 0 Å². The van der Waals surface area contributed by atoms with Crippen molar-refractivity contribution >= 4 is 21.7 Å². The van der Waals surface area contributed by atoms with Crippen LogP contribution in [0.25, 0.3) is 10.3 Å². The second kappa shape index (κ2) is 1.88. The van der Waals surface area contributed by atoms with Crippen molar-refractivity contribution in [1.82, 2.24) is 15.0 Å². The maximum Gasteiger partial charge on any atom is 0.307 e. The van der Waals surface area contributed by atoms with Gasteiger partial charge in [0.1, 0.15) is 22.9 Å². The lowest BCUT2D eigenvalue weighted by atomic mass is 10.6. The van der Waals surface area contributed by atoms with Crippen LogP contribution in [0, 0.1) is 6.20 Å². The van der Waals surface area contributed by atoms with Crippen LogP contribution in [-0.4, -0.2) is 15.0 Å². The summed E-state index contributed by atoms with van der Waals surface area (Å²) in [5, 5.41) is 0. The number of thiazole rings is 1. The Morgan fingerprint density at radius 2 is 2.60 bits per heavy atom. The van der Waals surface area contributed by atoms with E-state index in [1.807, 2.05) is 0 Å². The average Bonchev–Trinajstić information content (AvgIpc) is 2.27. The minimum absolute atomic E-state index is 0.119. The van der Waals surface area contributed by atoms with Gasteiger partial charge in [-0.15, -0.1) is 0 Å². The predicted molar refractivity (Wildman–Crippen MR) is 36.9 cm³/mol. The van der Waals surface area contributed by atoms with Crippen LogP contribution in [0.15, 0.2) is 11.1 Å². The molecule has 2 heterocycles. The number of aromatic amines is 1. The van der Waals surface area contributed by atoms with Crippen LogP contribution in [0.5, 0.6) is 0 Å². The Hall–Kier alpha value is -1.23. The molecule has 2 aromatic rings. The van der Waals surface area contributed by atoms with Gasteiger partial charge in [0.2, 0.25) is 0 Å². The van der Waals surface area contributed by atoms with Crippen molar-refractivity contribution in [3.8, 4) is 0 Å². The quantitative estimate of drug-likeness (QED) is 0.585. The van der Waals surface area contributed by atoms with Crippen LogP contribution in [0.3, 0.4) is 0 Å². The van der Waals surface area contributed by atoms with Crippen LogP contribution < -0.4 is 4.87 Å². The molecular weight excluding hydrogens is 150 g/mol. The summed E-state index contributed by atoms with van der Waals surface area (Å²) in [6.45, 7) is 0. The molecule has 0 aromatic carbocycles. The van der Waals surface area contributed by atoms with Gasteiger partial charge in [-0.3, -0.25) is 4.79 Å². The summed E-state index contributed by atoms with van der Waals surface area (Å²) >= 11 is 1.06. The number of H-pyrrole nitrogens is 1. The Kier molecular flexibility index (Phi) is 1.04. The van der Waals surface area contributed by atoms with Gasteiger partial charge in [0.25, 0.3) is 0 Å². The molecule has 0 bridgehead atoms. The zero-order chi connectivity index (χ0) is 6.97. The first-order valence-corrected chi connectivity index (χ1v) is 3.39. The number of nitrogens with zero attached hydrogens (tertiary/aromatic N) is 2. The van der Waals surface area contributed by atoms with Crippen molar-refractivity contribution < 1.29 is 0 Å². The van der Waals surface area contributed by atoms with E-state index in [9.17, 15) is 4.79 Å². The lowest BCUT2D eigenvalue weighted by Gasteiger charge is -1.79. The molecule has 49 valence electrons. The first-order chi connectivity index (χ1) is 4.86. The lowest BCUT2D eigenvalue weighted by molar-refractivity contribution is 1.21. The van der Waals surface area contributed by atoms with Crippen molar-refractivity contribution in [3.63, 3.8) is 0 Å². The van der Waals surface area contributed by atoms with Crippen LogP contribution in [0.2, 0.25) is 0 Å². The van der Waals surface area contributed by atoms with Crippen LogP contribution in [0.1, 0.15) is 0 Å². The van der Waals surface area contributed by atoms with E-state index in [4.69, 9.17) is 0 Å². The van der Waals surface area contributed by atoms with Crippen LogP contribution in [-0.2, 0) is 0 Å². The summed E-state index contributed by atoms with van der Waals surface area (Å²) in [7, 11) is 0. The molecule has 0 fully saturated rings. The molecular formula is C5H2N3OS. The number of nitrogens with one attached hydrogen (secondary N) is 1. The molecule has 1 N–H and O–H groups in total. The monoisotopic (exact) mass is 152 g/mol. The smallest absolute Gasteiger partial charge is 0.307 e. The highest BCUT2D eigenvalue weighted by Gasteiger charge is 1.97. The maximum absolute atomic E-state index is 10.7. The third-order valence-corrected chi connectivity index (χ3v) is 1.83. The predicted octanol–water partition coefficient (Wildman–Crippen LogP) is 0.180. The molecule has 1 radical (unpaired) electrons. The van der Waals surface area contributed by atoms with Gasteiger partial charge in [0, 0.05) is 0 Å². The molecule has 4 nitrogen and oxygen atoms in total. The minimum atomic E-state index is -0.119. The Balaban J connectivity index is 3.01. The molecule has 0 saturated carbocycles. The molecule has 0 saturated heterocycles. The van der Waals surface area contributed by atoms with E-state index < -0.39 is 0 Å². The summed E-state index contributed by atoms with van der Waals surface area (Å²) in [5.74, 6) is 0. The second-order valence-corrected chi connectivity index (χ2v) is 2.64. The van der Waals surface area contributed by atoms with Gasteiger partial charge < -0.3 is 4.98 Å². The Morgan fingerprint density at radius 1 is 1.70 bits per heavy atom. The molecule has 2 aromatic heterocycles. The normalized spacial score (nSPS) is 10.4. The molecule has 0 aliphatic heterocycles. The summed E-state index contributed by atoms with van der Waals surface area (Å²) in [6.07, 6.45) is 3.98. The number of fused-ring (bicyclic) bond motifs is 1. The average molecular weight is 152 g/mol. The molecule has 0 atom stereocenters. The second-order valence-electron chi connectivity index (χ2n) is 1.68. The number of hydrogen-bond acceptors (Lipinski definition) is 4. The van der Waals surface area contributed by atoms with E-state index >= 15 is 0 Å². The molecule has 10 heavy (non-hydrogen) atoms. The topological polar surface area (TPSA) is 58.6 Å². The standard InChI is InChI=1S/C5H2N3OS/c9-5-8-3-1-6-2-7-4(3)10-5/h2H,(H,8,9). The Labute approximate surface area is 59.6 Å². The first kappa shape index (κ1) is 5.55. The SMILES string of the molecule is O=c1[nH]c2[c]ncnc2s1. The van der Waals surface area contributed by atoms with E-state index in [-0.39, 0.29) is 4.87 Å². The first-order valence-electron chi connectivity index (χ1n) is 2.58. The fourth-order valence-corrected chi connectivity index (χ4v) is 1.29. The number of hydrogen-bond donors (Lipinski definition) is 1. The van der Waals surface area contributed by atoms with Crippen LogP contribution >= 0.6 is 11.3 Å². The lowest BCUT2D eigenvalue weighted by Crippen LogP contribution is -1.89. The fraction of sp³-hybridized carbons (Fsp3) is 0. The summed E-state index contributed by atoms with van der Waals surface area (Å²) < 4.78 is 0. The summed E-state index contributed by atoms with van der Waals surface area (Å²) in [6, 6.07) is 0. The van der Waals surface area contributed by atoms with E-state index in [0.717, 1.165) is 11.3 Å². The molecule has 2 rings (SSSR count). The van der Waals surface area contributed by atoms with E-state index in [1.165, 1.54) is 6.33 Å². The molecule has 0 amide bonds. The van der Waals surface area contributed by atoms with Gasteiger partial charge in [-0.25, -0.2) is 9.97 Å². The van der Waals surface area contributed by atoms with Crippen molar-refractivity contribution in [1.29, 1.82) is 0 Å². The van der Waals surface area contributed by atoms with Crippen molar-refractivity contribution in [2.45, 2.75) is 0 Å². The van der Waals surface area contributed by atoms with E-state index in [2.05, 4.69) is 21.1 Å². The van der Waals surface area contributed by atoms with Gasteiger partial charge in [-0.05, 0) is 0 Å². The third-order valence-electron chi connectivity index (χ3n) is 1.04. The van der Waals surface area contributed by atoms with Crippen molar-refractivity contribution in [2.24, 2.45) is 0 Å². The zero-order valence-corrected chi connectivity index (χ0v) is 5.60. The fourth-order valence-electron chi connectivity index (χ4n) is 0.661. The molecule has 0 aliphatic carbocycles. The largest absolute Gasteiger partial charge is 0.309 e. The Bertz CT molecular complexity index is 368. The molecule has 0 unspecified atom stereocenters. The molecule has 5 heteroatoms. The van der Waals surface area contributed by atoms with Gasteiger partial charge in [0.15, 0.2) is 0 Å². The van der Waals surface area contributed by atoms with Crippen molar-refractivity contribution in [3.05, 3.63) is 22.2 Å². The highest BCUT2D eigenvalue weighted by atomic mass is 32.1. The van der Waals surface area contributed by atoms with E-state index in [1.54, 1.807) is 0 Å². The highest BCUT2D eigenvalue weighted by Crippen LogP contribution is 2.05. The summed E-state index contributed by atoms with van der Waals surface area (Å²) in [5.41, 5.74) is 0.581. The minimum Gasteiger partial charge on any atom is -0.309 e.